The molecule has 19 heavy (non-hydrogen) atoms. The van der Waals surface area contributed by atoms with Crippen molar-refractivity contribution in [3.63, 3.8) is 0 Å². The van der Waals surface area contributed by atoms with E-state index in [2.05, 4.69) is 71.4 Å². The molecule has 0 aliphatic heterocycles. The van der Waals surface area contributed by atoms with E-state index in [1.807, 2.05) is 0 Å². The lowest BCUT2D eigenvalue weighted by Crippen LogP contribution is -1.88. The van der Waals surface area contributed by atoms with Gasteiger partial charge in [-0.25, -0.2) is 0 Å². The first-order chi connectivity index (χ1) is 9.29. The molecule has 0 N–H and O–H groups in total. The molecule has 0 bridgehead atoms. The van der Waals surface area contributed by atoms with E-state index >= 15 is 0 Å². The largest absolute Gasteiger partial charge is 0.0651 e. The van der Waals surface area contributed by atoms with Crippen molar-refractivity contribution < 1.29 is 0 Å². The van der Waals surface area contributed by atoms with Crippen molar-refractivity contribution >= 4 is 21.5 Å². The van der Waals surface area contributed by atoms with Crippen LogP contribution in [0.3, 0.4) is 0 Å². The maximum absolute atomic E-state index is 3.60. The number of benzene rings is 2. The third-order valence-corrected chi connectivity index (χ3v) is 4.21. The van der Waals surface area contributed by atoms with Gasteiger partial charge in [0.25, 0.3) is 0 Å². The van der Waals surface area contributed by atoms with Gasteiger partial charge in [0.15, 0.2) is 0 Å². The highest BCUT2D eigenvalue weighted by Crippen LogP contribution is 2.40. The second kappa shape index (κ2) is 5.34. The average molecular weight is 313 g/mol. The van der Waals surface area contributed by atoms with Gasteiger partial charge >= 0.3 is 0 Å². The highest BCUT2D eigenvalue weighted by Gasteiger charge is 2.22. The number of halogens is 1. The second-order valence-electron chi connectivity index (χ2n) is 5.07. The van der Waals surface area contributed by atoms with Crippen LogP contribution in [0.2, 0.25) is 0 Å². The molecule has 0 radical (unpaired) electrons. The minimum atomic E-state index is 1.11. The summed E-state index contributed by atoms with van der Waals surface area (Å²) < 4.78 is 1.16. The number of hydrogen-bond donors (Lipinski definition) is 0. The Morgan fingerprint density at radius 2 is 1.84 bits per heavy atom. The second-order valence-corrected chi connectivity index (χ2v) is 5.99. The van der Waals surface area contributed by atoms with Crippen molar-refractivity contribution in [1.82, 2.24) is 0 Å². The van der Waals surface area contributed by atoms with Crippen LogP contribution in [0.5, 0.6) is 0 Å². The van der Waals surface area contributed by atoms with Crippen LogP contribution in [0.4, 0.5) is 0 Å². The molecule has 96 valence electrons. The normalized spacial score (nSPS) is 13.8. The molecule has 1 aliphatic carbocycles. The van der Waals surface area contributed by atoms with Crippen LogP contribution < -0.4 is 0 Å². The summed E-state index contributed by atoms with van der Waals surface area (Å²) in [6, 6.07) is 17.5. The van der Waals surface area contributed by atoms with Gasteiger partial charge in [-0.15, -0.1) is 0 Å². The lowest BCUT2D eigenvalue weighted by atomic mass is 9.96. The van der Waals surface area contributed by atoms with Crippen LogP contribution in [0.25, 0.3) is 5.57 Å². The van der Waals surface area contributed by atoms with Crippen LogP contribution in [-0.2, 0) is 6.42 Å². The zero-order valence-corrected chi connectivity index (χ0v) is 12.7. The van der Waals surface area contributed by atoms with Crippen molar-refractivity contribution in [2.24, 2.45) is 0 Å². The SMILES string of the molecule is CCCC1=C(c2ccccc2)c2cc(Br)ccc2C1. The fraction of sp³-hybridized carbons (Fsp3) is 0.222. The molecular weight excluding hydrogens is 296 g/mol. The maximum Gasteiger partial charge on any atom is 0.0181 e. The zero-order valence-electron chi connectivity index (χ0n) is 11.1. The van der Waals surface area contributed by atoms with Crippen molar-refractivity contribution in [3.05, 3.63) is 75.3 Å². The van der Waals surface area contributed by atoms with Gasteiger partial charge in [-0.2, -0.15) is 0 Å². The summed E-state index contributed by atoms with van der Waals surface area (Å²) in [7, 11) is 0. The molecule has 0 aromatic heterocycles. The fourth-order valence-corrected chi connectivity index (χ4v) is 3.28. The molecule has 1 aliphatic rings. The van der Waals surface area contributed by atoms with Crippen LogP contribution in [-0.4, -0.2) is 0 Å². The molecule has 0 fully saturated rings. The van der Waals surface area contributed by atoms with E-state index in [4.69, 9.17) is 0 Å². The van der Waals surface area contributed by atoms with E-state index in [1.165, 1.54) is 35.1 Å². The first-order valence-electron chi connectivity index (χ1n) is 6.86. The van der Waals surface area contributed by atoms with E-state index in [9.17, 15) is 0 Å². The predicted octanol–water partition coefficient (Wildman–Crippen LogP) is 5.61. The first kappa shape index (κ1) is 12.7. The van der Waals surface area contributed by atoms with E-state index < -0.39 is 0 Å². The van der Waals surface area contributed by atoms with E-state index in [1.54, 1.807) is 5.57 Å². The van der Waals surface area contributed by atoms with Gasteiger partial charge in [0, 0.05) is 4.47 Å². The molecule has 3 rings (SSSR count). The molecule has 2 aromatic carbocycles. The minimum absolute atomic E-state index is 1.11. The molecule has 0 spiro atoms. The highest BCUT2D eigenvalue weighted by molar-refractivity contribution is 9.10. The third kappa shape index (κ3) is 2.40. The smallest absolute Gasteiger partial charge is 0.0181 e. The average Bonchev–Trinajstić information content (AvgIpc) is 2.77. The first-order valence-corrected chi connectivity index (χ1v) is 7.65. The fourth-order valence-electron chi connectivity index (χ4n) is 2.92. The Labute approximate surface area is 123 Å². The molecule has 2 aromatic rings. The molecule has 0 saturated heterocycles. The van der Waals surface area contributed by atoms with E-state index in [-0.39, 0.29) is 0 Å². The quantitative estimate of drug-likeness (QED) is 0.691. The molecule has 1 heteroatoms. The lowest BCUT2D eigenvalue weighted by Gasteiger charge is -2.09. The Morgan fingerprint density at radius 1 is 1.05 bits per heavy atom. The summed E-state index contributed by atoms with van der Waals surface area (Å²) >= 11 is 3.60. The summed E-state index contributed by atoms with van der Waals surface area (Å²) in [5, 5.41) is 0. The molecular formula is C18H17Br. The Bertz CT molecular complexity index is 623. The third-order valence-electron chi connectivity index (χ3n) is 3.71. The number of allylic oxidation sites excluding steroid dienone is 1. The molecule has 0 amide bonds. The highest BCUT2D eigenvalue weighted by atomic mass is 79.9. The predicted molar refractivity (Wildman–Crippen MR) is 85.2 cm³/mol. The Hall–Kier alpha value is -1.34. The number of hydrogen-bond acceptors (Lipinski definition) is 0. The van der Waals surface area contributed by atoms with Gasteiger partial charge in [-0.05, 0) is 47.2 Å². The zero-order chi connectivity index (χ0) is 13.2. The monoisotopic (exact) mass is 312 g/mol. The van der Waals surface area contributed by atoms with Crippen LogP contribution in [0.1, 0.15) is 36.5 Å². The summed E-state index contributed by atoms with van der Waals surface area (Å²) in [4.78, 5) is 0. The Balaban J connectivity index is 2.16. The molecule has 0 heterocycles. The topological polar surface area (TPSA) is 0 Å². The van der Waals surface area contributed by atoms with Crippen molar-refractivity contribution in [3.8, 4) is 0 Å². The summed E-state index contributed by atoms with van der Waals surface area (Å²) in [5.74, 6) is 0. The molecule has 0 atom stereocenters. The molecule has 0 nitrogen and oxygen atoms in total. The number of fused-ring (bicyclic) bond motifs is 1. The van der Waals surface area contributed by atoms with Crippen molar-refractivity contribution in [1.29, 1.82) is 0 Å². The Morgan fingerprint density at radius 3 is 2.58 bits per heavy atom. The van der Waals surface area contributed by atoms with Gasteiger partial charge < -0.3 is 0 Å². The van der Waals surface area contributed by atoms with Crippen molar-refractivity contribution in [2.75, 3.05) is 0 Å². The van der Waals surface area contributed by atoms with Crippen LogP contribution in [0, 0.1) is 0 Å². The van der Waals surface area contributed by atoms with E-state index in [0.29, 0.717) is 0 Å². The van der Waals surface area contributed by atoms with Crippen LogP contribution >= 0.6 is 15.9 Å². The maximum atomic E-state index is 3.60. The van der Waals surface area contributed by atoms with E-state index in [0.717, 1.165) is 10.9 Å². The summed E-state index contributed by atoms with van der Waals surface area (Å²) in [5.41, 5.74) is 7.26. The molecule has 0 saturated carbocycles. The number of rotatable bonds is 3. The summed E-state index contributed by atoms with van der Waals surface area (Å²) in [6.45, 7) is 2.26. The molecule has 0 unspecified atom stereocenters. The minimum Gasteiger partial charge on any atom is -0.0651 e. The summed E-state index contributed by atoms with van der Waals surface area (Å²) in [6.07, 6.45) is 3.51. The van der Waals surface area contributed by atoms with Gasteiger partial charge in [0.1, 0.15) is 0 Å². The van der Waals surface area contributed by atoms with Gasteiger partial charge in [0.2, 0.25) is 0 Å². The standard InChI is InChI=1S/C18H17Br/c1-2-6-15-11-14-9-10-16(19)12-17(14)18(15)13-7-4-3-5-8-13/h3-5,7-10,12H,2,6,11H2,1H3. The van der Waals surface area contributed by atoms with Crippen molar-refractivity contribution in [2.45, 2.75) is 26.2 Å². The van der Waals surface area contributed by atoms with Gasteiger partial charge in [-0.3, -0.25) is 0 Å². The lowest BCUT2D eigenvalue weighted by molar-refractivity contribution is 0.884. The Kier molecular flexibility index (Phi) is 3.56. The van der Waals surface area contributed by atoms with Crippen LogP contribution in [0.15, 0.2) is 58.6 Å². The van der Waals surface area contributed by atoms with Gasteiger partial charge in [-0.1, -0.05) is 71.2 Å². The van der Waals surface area contributed by atoms with Gasteiger partial charge in [0.05, 0.1) is 0 Å².